The van der Waals surface area contributed by atoms with Gasteiger partial charge in [0.1, 0.15) is 5.82 Å². The van der Waals surface area contributed by atoms with Crippen LogP contribution in [0.4, 0.5) is 5.82 Å². The third-order valence-electron chi connectivity index (χ3n) is 2.09. The minimum atomic E-state index is -0.946. The fourth-order valence-corrected chi connectivity index (χ4v) is 1.81. The zero-order chi connectivity index (χ0) is 13.2. The average Bonchev–Trinajstić information content (AvgIpc) is 2.18. The lowest BCUT2D eigenvalue weighted by Crippen LogP contribution is -2.40. The zero-order valence-corrected chi connectivity index (χ0v) is 11.7. The summed E-state index contributed by atoms with van der Waals surface area (Å²) in [6, 6.07) is 1.62. The summed E-state index contributed by atoms with van der Waals surface area (Å²) < 4.78 is 0.687. The van der Waals surface area contributed by atoms with E-state index < -0.39 is 5.60 Å². The average molecular weight is 302 g/mol. The molecule has 0 saturated heterocycles. The monoisotopic (exact) mass is 301 g/mol. The van der Waals surface area contributed by atoms with Gasteiger partial charge in [-0.15, -0.1) is 0 Å². The Kier molecular flexibility index (Phi) is 4.11. The van der Waals surface area contributed by atoms with Gasteiger partial charge in [-0.1, -0.05) is 0 Å². The molecule has 1 aromatic heterocycles. The Morgan fingerprint density at radius 3 is 2.76 bits per heavy atom. The number of halogens is 1. The van der Waals surface area contributed by atoms with Gasteiger partial charge in [0, 0.05) is 24.3 Å². The lowest BCUT2D eigenvalue weighted by molar-refractivity contribution is 0.0368. The molecule has 6 heteroatoms. The van der Waals surface area contributed by atoms with Gasteiger partial charge in [-0.2, -0.15) is 0 Å². The maximum Gasteiger partial charge on any atom is 0.257 e. The molecule has 0 aliphatic carbocycles. The lowest BCUT2D eigenvalue weighted by Gasteiger charge is -2.25. The van der Waals surface area contributed by atoms with Crippen LogP contribution in [-0.2, 0) is 0 Å². The molecule has 0 atom stereocenters. The van der Waals surface area contributed by atoms with Gasteiger partial charge in [0.2, 0.25) is 0 Å². The van der Waals surface area contributed by atoms with Crippen molar-refractivity contribution in [1.82, 2.24) is 9.88 Å². The van der Waals surface area contributed by atoms with Crippen LogP contribution in [0.2, 0.25) is 0 Å². The van der Waals surface area contributed by atoms with Crippen molar-refractivity contribution < 1.29 is 9.90 Å². The third-order valence-corrected chi connectivity index (χ3v) is 2.52. The SMILES string of the molecule is CN(CC(C)(C)O)C(=O)c1cc(Br)cnc1N. The molecule has 0 saturated carbocycles. The van der Waals surface area contributed by atoms with Crippen molar-refractivity contribution in [1.29, 1.82) is 0 Å². The number of pyridine rings is 1. The van der Waals surface area contributed by atoms with Crippen LogP contribution in [0.5, 0.6) is 0 Å². The molecule has 0 unspecified atom stereocenters. The van der Waals surface area contributed by atoms with Gasteiger partial charge in [0.05, 0.1) is 11.2 Å². The van der Waals surface area contributed by atoms with Gasteiger partial charge in [0.15, 0.2) is 0 Å². The first-order valence-electron chi connectivity index (χ1n) is 5.09. The van der Waals surface area contributed by atoms with Gasteiger partial charge in [-0.3, -0.25) is 4.79 Å². The number of carbonyl (C=O) groups is 1. The third kappa shape index (κ3) is 3.98. The minimum Gasteiger partial charge on any atom is -0.389 e. The first-order chi connectivity index (χ1) is 7.70. The van der Waals surface area contributed by atoms with E-state index in [0.717, 1.165) is 0 Å². The van der Waals surface area contributed by atoms with Crippen molar-refractivity contribution >= 4 is 27.7 Å². The van der Waals surface area contributed by atoms with Crippen molar-refractivity contribution in [2.45, 2.75) is 19.4 Å². The Morgan fingerprint density at radius 1 is 1.65 bits per heavy atom. The predicted octanol–water partition coefficient (Wildman–Crippen LogP) is 1.27. The van der Waals surface area contributed by atoms with Gasteiger partial charge in [-0.05, 0) is 35.8 Å². The van der Waals surface area contributed by atoms with E-state index in [2.05, 4.69) is 20.9 Å². The second kappa shape index (κ2) is 5.01. The second-order valence-corrected chi connectivity index (χ2v) is 5.48. The molecular weight excluding hydrogens is 286 g/mol. The van der Waals surface area contributed by atoms with Crippen molar-refractivity contribution in [3.05, 3.63) is 22.3 Å². The summed E-state index contributed by atoms with van der Waals surface area (Å²) in [5.74, 6) is -0.0841. The molecule has 17 heavy (non-hydrogen) atoms. The standard InChI is InChI=1S/C11H16BrN3O2/c1-11(2,17)6-15(3)10(16)8-4-7(12)5-14-9(8)13/h4-5,17H,6H2,1-3H3,(H2,13,14). The predicted molar refractivity (Wildman–Crippen MR) is 69.6 cm³/mol. The Balaban J connectivity index is 2.93. The highest BCUT2D eigenvalue weighted by Gasteiger charge is 2.22. The number of aromatic nitrogens is 1. The molecule has 1 amide bonds. The smallest absolute Gasteiger partial charge is 0.257 e. The van der Waals surface area contributed by atoms with Gasteiger partial charge < -0.3 is 15.7 Å². The summed E-state index contributed by atoms with van der Waals surface area (Å²) in [5.41, 5.74) is 5.03. The van der Waals surface area contributed by atoms with E-state index >= 15 is 0 Å². The highest BCUT2D eigenvalue weighted by atomic mass is 79.9. The molecule has 0 spiro atoms. The Labute approximate surface area is 109 Å². The number of likely N-dealkylation sites (N-methyl/N-ethyl adjacent to an activating group) is 1. The van der Waals surface area contributed by atoms with Crippen molar-refractivity contribution in [3.63, 3.8) is 0 Å². The topological polar surface area (TPSA) is 79.5 Å². The highest BCUT2D eigenvalue weighted by Crippen LogP contribution is 2.17. The normalized spacial score (nSPS) is 11.4. The minimum absolute atomic E-state index is 0.181. The Hall–Kier alpha value is -1.14. The number of rotatable bonds is 3. The highest BCUT2D eigenvalue weighted by molar-refractivity contribution is 9.10. The number of nitrogens with two attached hydrogens (primary N) is 1. The summed E-state index contributed by atoms with van der Waals surface area (Å²) in [7, 11) is 1.61. The van der Waals surface area contributed by atoms with Crippen molar-refractivity contribution in [2.24, 2.45) is 0 Å². The molecule has 0 radical (unpaired) electrons. The summed E-state index contributed by atoms with van der Waals surface area (Å²) in [4.78, 5) is 17.4. The first kappa shape index (κ1) is 13.9. The van der Waals surface area contributed by atoms with E-state index in [1.165, 1.54) is 11.1 Å². The van der Waals surface area contributed by atoms with Crippen LogP contribution in [0.15, 0.2) is 16.7 Å². The molecule has 0 aromatic carbocycles. The number of amides is 1. The molecule has 5 nitrogen and oxygen atoms in total. The van der Waals surface area contributed by atoms with Crippen LogP contribution in [0.1, 0.15) is 24.2 Å². The molecule has 0 bridgehead atoms. The molecule has 1 rings (SSSR count). The largest absolute Gasteiger partial charge is 0.389 e. The number of nitrogens with zero attached hydrogens (tertiary/aromatic N) is 2. The quantitative estimate of drug-likeness (QED) is 0.881. The van der Waals surface area contributed by atoms with Crippen LogP contribution in [-0.4, -0.2) is 40.1 Å². The summed E-state index contributed by atoms with van der Waals surface area (Å²) in [6.07, 6.45) is 1.53. The molecule has 0 aliphatic rings. The molecule has 0 aliphatic heterocycles. The van der Waals surface area contributed by atoms with Crippen LogP contribution < -0.4 is 5.73 Å². The number of hydrogen-bond donors (Lipinski definition) is 2. The Bertz CT molecular complexity index is 429. The second-order valence-electron chi connectivity index (χ2n) is 4.56. The van der Waals surface area contributed by atoms with E-state index in [1.54, 1.807) is 27.0 Å². The van der Waals surface area contributed by atoms with E-state index in [-0.39, 0.29) is 18.3 Å². The first-order valence-corrected chi connectivity index (χ1v) is 5.89. The maximum atomic E-state index is 12.1. The number of aliphatic hydroxyl groups is 1. The van der Waals surface area contributed by atoms with Gasteiger partial charge in [-0.25, -0.2) is 4.98 Å². The summed E-state index contributed by atoms with van der Waals surface area (Å²) in [5, 5.41) is 9.66. The van der Waals surface area contributed by atoms with E-state index in [4.69, 9.17) is 5.73 Å². The summed E-state index contributed by atoms with van der Waals surface area (Å²) >= 11 is 3.24. The maximum absolute atomic E-state index is 12.1. The Morgan fingerprint density at radius 2 is 2.24 bits per heavy atom. The number of nitrogen functional groups attached to an aromatic ring is 1. The molecular formula is C11H16BrN3O2. The molecule has 1 aromatic rings. The molecule has 3 N–H and O–H groups in total. The van der Waals surface area contributed by atoms with E-state index in [1.807, 2.05) is 0 Å². The molecule has 0 fully saturated rings. The van der Waals surface area contributed by atoms with Gasteiger partial charge in [0.25, 0.3) is 5.91 Å². The van der Waals surface area contributed by atoms with Crippen LogP contribution in [0.25, 0.3) is 0 Å². The van der Waals surface area contributed by atoms with Crippen LogP contribution >= 0.6 is 15.9 Å². The molecule has 94 valence electrons. The fraction of sp³-hybridized carbons (Fsp3) is 0.455. The fourth-order valence-electron chi connectivity index (χ4n) is 1.48. The zero-order valence-electron chi connectivity index (χ0n) is 10.1. The molecule has 1 heterocycles. The number of anilines is 1. The van der Waals surface area contributed by atoms with Crippen LogP contribution in [0.3, 0.4) is 0 Å². The van der Waals surface area contributed by atoms with Crippen molar-refractivity contribution in [3.8, 4) is 0 Å². The number of hydrogen-bond acceptors (Lipinski definition) is 4. The van der Waals surface area contributed by atoms with Crippen LogP contribution in [0, 0.1) is 0 Å². The van der Waals surface area contributed by atoms with Crippen molar-refractivity contribution in [2.75, 3.05) is 19.3 Å². The van der Waals surface area contributed by atoms with E-state index in [9.17, 15) is 9.90 Å². The van der Waals surface area contributed by atoms with E-state index in [0.29, 0.717) is 10.0 Å². The van der Waals surface area contributed by atoms with Gasteiger partial charge >= 0.3 is 0 Å². The lowest BCUT2D eigenvalue weighted by atomic mass is 10.1. The summed E-state index contributed by atoms with van der Waals surface area (Å²) in [6.45, 7) is 3.50. The number of carbonyl (C=O) groups excluding carboxylic acids is 1.